The molecule has 0 spiro atoms. The van der Waals surface area contributed by atoms with Crippen LogP contribution in [0.1, 0.15) is 23.7 Å². The maximum Gasteiger partial charge on any atom is 0.162 e. The number of benzene rings is 2. The number of nitrogen functional groups attached to an aromatic ring is 2. The smallest absolute Gasteiger partial charge is 0.162 e. The fraction of sp³-hybridized carbons (Fsp3) is 0.133. The third-order valence-electron chi connectivity index (χ3n) is 2.92. The summed E-state index contributed by atoms with van der Waals surface area (Å²) in [5.41, 5.74) is 15.6. The van der Waals surface area contributed by atoms with Gasteiger partial charge >= 0.3 is 0 Å². The number of hydrogen-bond donors (Lipinski definition) is 2. The molecule has 108 valence electrons. The van der Waals surface area contributed by atoms with Crippen LogP contribution in [0.3, 0.4) is 0 Å². The van der Waals surface area contributed by atoms with Gasteiger partial charge in [-0.2, -0.15) is 0 Å². The molecule has 0 atom stereocenters. The highest BCUT2D eigenvalue weighted by Crippen LogP contribution is 2.28. The van der Waals surface area contributed by atoms with Gasteiger partial charge in [0.2, 0.25) is 0 Å². The molecule has 0 heterocycles. The Morgan fingerprint density at radius 2 is 1.60 bits per heavy atom. The summed E-state index contributed by atoms with van der Waals surface area (Å²) in [6, 6.07) is 12.8. The Bertz CT molecular complexity index is 583. The van der Waals surface area contributed by atoms with Crippen LogP contribution in [0, 0.1) is 0 Å². The van der Waals surface area contributed by atoms with Crippen molar-refractivity contribution in [3.63, 3.8) is 0 Å². The van der Waals surface area contributed by atoms with Gasteiger partial charge in [-0.25, -0.2) is 0 Å². The second-order valence-electron chi connectivity index (χ2n) is 4.20. The van der Waals surface area contributed by atoms with Gasteiger partial charge in [0.1, 0.15) is 0 Å². The Kier molecular flexibility index (Phi) is 7.11. The van der Waals surface area contributed by atoms with E-state index in [1.54, 1.807) is 12.1 Å². The number of carbonyl (C=O) groups is 1. The highest BCUT2D eigenvalue weighted by Gasteiger charge is 2.06. The van der Waals surface area contributed by atoms with Crippen molar-refractivity contribution >= 4 is 42.0 Å². The molecule has 0 aliphatic rings. The number of rotatable bonds is 3. The van der Waals surface area contributed by atoms with E-state index in [0.717, 1.165) is 16.7 Å². The van der Waals surface area contributed by atoms with Crippen LogP contribution in [0.25, 0.3) is 11.1 Å². The minimum absolute atomic E-state index is 0. The van der Waals surface area contributed by atoms with Gasteiger partial charge in [0, 0.05) is 28.9 Å². The molecular weight excluding hydrogens is 295 g/mol. The second-order valence-corrected chi connectivity index (χ2v) is 4.20. The van der Waals surface area contributed by atoms with Crippen molar-refractivity contribution in [2.75, 3.05) is 11.5 Å². The average Bonchev–Trinajstić information content (AvgIpc) is 2.41. The summed E-state index contributed by atoms with van der Waals surface area (Å²) in [7, 11) is 0. The number of ketones is 1. The SMILES string of the molecule is CCC(=O)c1ccc(-c2cc(N)ccc2N)cc1.Cl.Cl. The first-order valence-corrected chi connectivity index (χ1v) is 5.90. The van der Waals surface area contributed by atoms with E-state index < -0.39 is 0 Å². The Balaban J connectivity index is 0.00000180. The van der Waals surface area contributed by atoms with E-state index in [2.05, 4.69) is 0 Å². The van der Waals surface area contributed by atoms with Crippen molar-refractivity contribution in [2.24, 2.45) is 0 Å². The summed E-state index contributed by atoms with van der Waals surface area (Å²) in [6.07, 6.45) is 0.514. The summed E-state index contributed by atoms with van der Waals surface area (Å²) >= 11 is 0. The molecule has 2 aromatic rings. The van der Waals surface area contributed by atoms with E-state index >= 15 is 0 Å². The average molecular weight is 313 g/mol. The number of Topliss-reactive ketones (excluding diaryl/α,β-unsaturated/α-hetero) is 1. The molecule has 20 heavy (non-hydrogen) atoms. The predicted octanol–water partition coefficient (Wildman–Crippen LogP) is 3.95. The van der Waals surface area contributed by atoms with Crippen LogP contribution in [0.2, 0.25) is 0 Å². The summed E-state index contributed by atoms with van der Waals surface area (Å²) in [6.45, 7) is 1.85. The van der Waals surface area contributed by atoms with Gasteiger partial charge in [0.25, 0.3) is 0 Å². The molecule has 3 nitrogen and oxygen atoms in total. The fourth-order valence-corrected chi connectivity index (χ4v) is 1.86. The zero-order valence-electron chi connectivity index (χ0n) is 11.1. The summed E-state index contributed by atoms with van der Waals surface area (Å²) in [5, 5.41) is 0. The molecule has 0 radical (unpaired) electrons. The third-order valence-corrected chi connectivity index (χ3v) is 2.92. The number of carbonyl (C=O) groups excluding carboxylic acids is 1. The van der Waals surface area contributed by atoms with Crippen LogP contribution in [-0.2, 0) is 0 Å². The lowest BCUT2D eigenvalue weighted by molar-refractivity contribution is 0.0988. The van der Waals surface area contributed by atoms with Crippen LogP contribution in [0.15, 0.2) is 42.5 Å². The molecular formula is C15H18Cl2N2O. The lowest BCUT2D eigenvalue weighted by Crippen LogP contribution is -1.96. The third kappa shape index (κ3) is 3.89. The molecule has 0 aromatic heterocycles. The molecule has 4 N–H and O–H groups in total. The standard InChI is InChI=1S/C15H16N2O.2ClH/c1-2-15(18)11-5-3-10(4-6-11)13-9-12(16)7-8-14(13)17;;/h3-9H,2,16-17H2,1H3;2*1H. The lowest BCUT2D eigenvalue weighted by atomic mass is 10.00. The normalized spacial score (nSPS) is 9.25. The molecule has 0 aliphatic heterocycles. The summed E-state index contributed by atoms with van der Waals surface area (Å²) in [4.78, 5) is 11.5. The van der Waals surface area contributed by atoms with E-state index in [-0.39, 0.29) is 30.6 Å². The minimum atomic E-state index is 0. The number of nitrogens with two attached hydrogens (primary N) is 2. The molecule has 2 aromatic carbocycles. The van der Waals surface area contributed by atoms with Crippen molar-refractivity contribution in [1.29, 1.82) is 0 Å². The molecule has 5 heteroatoms. The van der Waals surface area contributed by atoms with Crippen molar-refractivity contribution in [3.05, 3.63) is 48.0 Å². The van der Waals surface area contributed by atoms with E-state index in [9.17, 15) is 4.79 Å². The Morgan fingerprint density at radius 3 is 2.15 bits per heavy atom. The monoisotopic (exact) mass is 312 g/mol. The first kappa shape index (κ1) is 18.3. The van der Waals surface area contributed by atoms with Gasteiger partial charge in [-0.15, -0.1) is 24.8 Å². The van der Waals surface area contributed by atoms with Gasteiger partial charge in [-0.05, 0) is 23.8 Å². The van der Waals surface area contributed by atoms with E-state index in [0.29, 0.717) is 17.8 Å². The number of anilines is 2. The molecule has 0 saturated heterocycles. The van der Waals surface area contributed by atoms with E-state index in [1.807, 2.05) is 37.3 Å². The highest BCUT2D eigenvalue weighted by atomic mass is 35.5. The zero-order valence-corrected chi connectivity index (χ0v) is 12.8. The van der Waals surface area contributed by atoms with Crippen LogP contribution in [0.5, 0.6) is 0 Å². The molecule has 2 rings (SSSR count). The largest absolute Gasteiger partial charge is 0.399 e. The molecule has 0 fully saturated rings. The van der Waals surface area contributed by atoms with Crippen LogP contribution < -0.4 is 11.5 Å². The fourth-order valence-electron chi connectivity index (χ4n) is 1.86. The molecule has 0 amide bonds. The molecule has 0 aliphatic carbocycles. The summed E-state index contributed by atoms with van der Waals surface area (Å²) < 4.78 is 0. The zero-order chi connectivity index (χ0) is 13.1. The van der Waals surface area contributed by atoms with Crippen LogP contribution in [0.4, 0.5) is 11.4 Å². The van der Waals surface area contributed by atoms with Crippen LogP contribution in [-0.4, -0.2) is 5.78 Å². The summed E-state index contributed by atoms with van der Waals surface area (Å²) in [5.74, 6) is 0.141. The topological polar surface area (TPSA) is 69.1 Å². The maximum absolute atomic E-state index is 11.5. The van der Waals surface area contributed by atoms with Crippen molar-refractivity contribution in [1.82, 2.24) is 0 Å². The minimum Gasteiger partial charge on any atom is -0.399 e. The van der Waals surface area contributed by atoms with E-state index in [4.69, 9.17) is 11.5 Å². The Hall–Kier alpha value is -1.71. The molecule has 0 bridgehead atoms. The van der Waals surface area contributed by atoms with Gasteiger partial charge in [-0.3, -0.25) is 4.79 Å². The predicted molar refractivity (Wildman–Crippen MR) is 89.8 cm³/mol. The van der Waals surface area contributed by atoms with E-state index in [1.165, 1.54) is 0 Å². The van der Waals surface area contributed by atoms with Crippen LogP contribution >= 0.6 is 24.8 Å². The van der Waals surface area contributed by atoms with Crippen molar-refractivity contribution in [2.45, 2.75) is 13.3 Å². The maximum atomic E-state index is 11.5. The Morgan fingerprint density at radius 1 is 1.00 bits per heavy atom. The lowest BCUT2D eigenvalue weighted by Gasteiger charge is -2.07. The first-order valence-electron chi connectivity index (χ1n) is 5.90. The molecule has 0 unspecified atom stereocenters. The van der Waals surface area contributed by atoms with Gasteiger partial charge < -0.3 is 11.5 Å². The Labute approximate surface area is 131 Å². The first-order chi connectivity index (χ1) is 8.61. The second kappa shape index (κ2) is 7.78. The van der Waals surface area contributed by atoms with Crippen molar-refractivity contribution < 1.29 is 4.79 Å². The highest BCUT2D eigenvalue weighted by molar-refractivity contribution is 5.96. The van der Waals surface area contributed by atoms with Gasteiger partial charge in [0.15, 0.2) is 5.78 Å². The van der Waals surface area contributed by atoms with Gasteiger partial charge in [0.05, 0.1) is 0 Å². The molecule has 0 saturated carbocycles. The van der Waals surface area contributed by atoms with Crippen molar-refractivity contribution in [3.8, 4) is 11.1 Å². The number of hydrogen-bond acceptors (Lipinski definition) is 3. The van der Waals surface area contributed by atoms with Gasteiger partial charge in [-0.1, -0.05) is 31.2 Å². The number of halogens is 2. The quantitative estimate of drug-likeness (QED) is 0.666.